The lowest BCUT2D eigenvalue weighted by molar-refractivity contribution is -0.122. The van der Waals surface area contributed by atoms with Gasteiger partial charge in [0.1, 0.15) is 0 Å². The molecule has 6 heteroatoms. The summed E-state index contributed by atoms with van der Waals surface area (Å²) in [5.41, 5.74) is 6.72. The van der Waals surface area contributed by atoms with Crippen LogP contribution in [0, 0.1) is 17.6 Å². The fourth-order valence-corrected chi connectivity index (χ4v) is 3.42. The third-order valence-electron chi connectivity index (χ3n) is 4.96. The third-order valence-corrected chi connectivity index (χ3v) is 4.96. The van der Waals surface area contributed by atoms with Gasteiger partial charge in [-0.1, -0.05) is 25.3 Å². The molecule has 2 fully saturated rings. The maximum absolute atomic E-state index is 13.2. The number of carbonyl (C=O) groups excluding carboxylic acids is 1. The first-order valence-electron chi connectivity index (χ1n) is 8.00. The minimum absolute atomic E-state index is 0. The van der Waals surface area contributed by atoms with Crippen molar-refractivity contribution in [1.29, 1.82) is 0 Å². The Balaban J connectivity index is 0.00000192. The third kappa shape index (κ3) is 4.21. The van der Waals surface area contributed by atoms with Crippen molar-refractivity contribution in [1.82, 2.24) is 5.32 Å². The van der Waals surface area contributed by atoms with E-state index in [1.165, 1.54) is 12.5 Å². The highest BCUT2D eigenvalue weighted by atomic mass is 35.5. The van der Waals surface area contributed by atoms with Crippen molar-refractivity contribution in [2.24, 2.45) is 11.7 Å². The molecule has 3 N–H and O–H groups in total. The van der Waals surface area contributed by atoms with E-state index < -0.39 is 11.6 Å². The molecule has 3 rings (SSSR count). The van der Waals surface area contributed by atoms with Gasteiger partial charge < -0.3 is 11.1 Å². The van der Waals surface area contributed by atoms with Gasteiger partial charge in [-0.2, -0.15) is 0 Å². The smallest absolute Gasteiger partial charge is 0.223 e. The minimum atomic E-state index is -0.855. The number of benzene rings is 1. The molecule has 3 nitrogen and oxygen atoms in total. The van der Waals surface area contributed by atoms with E-state index in [2.05, 4.69) is 5.32 Å². The fourth-order valence-electron chi connectivity index (χ4n) is 3.42. The van der Waals surface area contributed by atoms with Crippen LogP contribution in [-0.2, 0) is 4.79 Å². The molecule has 1 amide bonds. The van der Waals surface area contributed by atoms with Crippen molar-refractivity contribution in [3.05, 3.63) is 35.4 Å². The van der Waals surface area contributed by atoms with Gasteiger partial charge in [0.25, 0.3) is 0 Å². The Morgan fingerprint density at radius 2 is 1.91 bits per heavy atom. The Kier molecular flexibility index (Phi) is 5.63. The molecule has 2 unspecified atom stereocenters. The molecule has 1 aromatic rings. The van der Waals surface area contributed by atoms with E-state index in [9.17, 15) is 13.6 Å². The van der Waals surface area contributed by atoms with Crippen molar-refractivity contribution in [3.8, 4) is 0 Å². The Bertz CT molecular complexity index is 576. The first-order valence-corrected chi connectivity index (χ1v) is 8.00. The highest BCUT2D eigenvalue weighted by molar-refractivity contribution is 5.85. The Labute approximate surface area is 141 Å². The van der Waals surface area contributed by atoms with Gasteiger partial charge in [0.05, 0.1) is 0 Å². The van der Waals surface area contributed by atoms with Gasteiger partial charge in [-0.05, 0) is 42.9 Å². The van der Waals surface area contributed by atoms with E-state index >= 15 is 0 Å². The van der Waals surface area contributed by atoms with E-state index in [-0.39, 0.29) is 35.7 Å². The lowest BCUT2D eigenvalue weighted by Crippen LogP contribution is -2.51. The van der Waals surface area contributed by atoms with Crippen LogP contribution in [0.15, 0.2) is 18.2 Å². The summed E-state index contributed by atoms with van der Waals surface area (Å²) in [6, 6.07) is 3.87. The second-order valence-corrected chi connectivity index (χ2v) is 6.76. The number of nitrogens with one attached hydrogen (secondary N) is 1. The molecule has 2 aliphatic rings. The van der Waals surface area contributed by atoms with Crippen molar-refractivity contribution in [3.63, 3.8) is 0 Å². The van der Waals surface area contributed by atoms with Crippen LogP contribution in [-0.4, -0.2) is 18.0 Å². The van der Waals surface area contributed by atoms with Crippen molar-refractivity contribution in [2.45, 2.75) is 50.0 Å². The van der Waals surface area contributed by atoms with E-state index in [0.717, 1.165) is 31.7 Å². The van der Waals surface area contributed by atoms with Gasteiger partial charge in [0.2, 0.25) is 5.91 Å². The quantitative estimate of drug-likeness (QED) is 0.880. The van der Waals surface area contributed by atoms with Crippen LogP contribution < -0.4 is 11.1 Å². The first-order chi connectivity index (χ1) is 10.5. The average molecular weight is 345 g/mol. The van der Waals surface area contributed by atoms with Crippen molar-refractivity contribution in [2.75, 3.05) is 6.54 Å². The summed E-state index contributed by atoms with van der Waals surface area (Å²) in [7, 11) is 0. The first kappa shape index (κ1) is 18.1. The Morgan fingerprint density at radius 1 is 1.22 bits per heavy atom. The second kappa shape index (κ2) is 7.14. The maximum Gasteiger partial charge on any atom is 0.223 e. The predicted octanol–water partition coefficient (Wildman–Crippen LogP) is 3.27. The summed E-state index contributed by atoms with van der Waals surface area (Å²) < 4.78 is 26.2. The Hall–Kier alpha value is -1.20. The zero-order valence-corrected chi connectivity index (χ0v) is 13.8. The minimum Gasteiger partial charge on any atom is -0.354 e. The van der Waals surface area contributed by atoms with E-state index in [4.69, 9.17) is 5.73 Å². The number of carbonyl (C=O) groups is 1. The van der Waals surface area contributed by atoms with Crippen LogP contribution in [0.5, 0.6) is 0 Å². The van der Waals surface area contributed by atoms with Crippen LogP contribution >= 0.6 is 12.4 Å². The lowest BCUT2D eigenvalue weighted by Gasteiger charge is -2.33. The summed E-state index contributed by atoms with van der Waals surface area (Å²) in [5.74, 6) is -1.88. The molecule has 0 saturated heterocycles. The molecule has 2 atom stereocenters. The van der Waals surface area contributed by atoms with E-state index in [1.54, 1.807) is 6.07 Å². The van der Waals surface area contributed by atoms with Crippen molar-refractivity contribution >= 4 is 18.3 Å². The summed E-state index contributed by atoms with van der Waals surface area (Å²) in [6.45, 7) is 0.507. The molecule has 128 valence electrons. The van der Waals surface area contributed by atoms with E-state index in [1.807, 2.05) is 0 Å². The summed E-state index contributed by atoms with van der Waals surface area (Å²) in [4.78, 5) is 12.2. The molecule has 0 bridgehead atoms. The second-order valence-electron chi connectivity index (χ2n) is 6.76. The highest BCUT2D eigenvalue weighted by Crippen LogP contribution is 2.47. The largest absolute Gasteiger partial charge is 0.354 e. The topological polar surface area (TPSA) is 55.1 Å². The number of nitrogens with two attached hydrogens (primary N) is 1. The van der Waals surface area contributed by atoms with Crippen LogP contribution in [0.25, 0.3) is 0 Å². The maximum atomic E-state index is 13.2. The molecule has 1 aromatic carbocycles. The predicted molar refractivity (Wildman–Crippen MR) is 87.5 cm³/mol. The Morgan fingerprint density at radius 3 is 2.57 bits per heavy atom. The normalized spacial score (nSPS) is 25.3. The molecule has 0 aliphatic heterocycles. The number of hydrogen-bond donors (Lipinski definition) is 2. The standard InChI is InChI=1S/C17H22F2N2O.ClH/c18-14-5-4-11(8-15(14)19)12-9-13(12)16(22)21-10-17(20)6-2-1-3-7-17;/h4-5,8,12-13H,1-3,6-7,9-10,20H2,(H,21,22);1H. The zero-order valence-electron chi connectivity index (χ0n) is 13.0. The molecule has 0 aromatic heterocycles. The van der Waals surface area contributed by atoms with Gasteiger partial charge >= 0.3 is 0 Å². The molecule has 0 spiro atoms. The van der Waals surface area contributed by atoms with Crippen molar-refractivity contribution < 1.29 is 13.6 Å². The lowest BCUT2D eigenvalue weighted by atomic mass is 9.82. The van der Waals surface area contributed by atoms with Crippen LogP contribution in [0.4, 0.5) is 8.78 Å². The van der Waals surface area contributed by atoms with Gasteiger partial charge in [-0.15, -0.1) is 12.4 Å². The highest BCUT2D eigenvalue weighted by Gasteiger charge is 2.44. The number of rotatable bonds is 4. The molecular weight excluding hydrogens is 322 g/mol. The van der Waals surface area contributed by atoms with E-state index in [0.29, 0.717) is 18.5 Å². The number of hydrogen-bond acceptors (Lipinski definition) is 2. The van der Waals surface area contributed by atoms with Crippen LogP contribution in [0.2, 0.25) is 0 Å². The molecule has 23 heavy (non-hydrogen) atoms. The molecule has 0 heterocycles. The van der Waals surface area contributed by atoms with Gasteiger partial charge in [-0.25, -0.2) is 8.78 Å². The summed E-state index contributed by atoms with van der Waals surface area (Å²) in [6.07, 6.45) is 6.04. The van der Waals surface area contributed by atoms with Crippen LogP contribution in [0.1, 0.15) is 50.0 Å². The molecule has 2 saturated carbocycles. The van der Waals surface area contributed by atoms with Gasteiger partial charge in [0, 0.05) is 18.0 Å². The fraction of sp³-hybridized carbons (Fsp3) is 0.588. The van der Waals surface area contributed by atoms with Gasteiger partial charge in [-0.3, -0.25) is 4.79 Å². The average Bonchev–Trinajstić information content (AvgIpc) is 3.29. The number of halogens is 3. The van der Waals surface area contributed by atoms with Gasteiger partial charge in [0.15, 0.2) is 11.6 Å². The summed E-state index contributed by atoms with van der Waals surface area (Å²) >= 11 is 0. The SMILES string of the molecule is Cl.NC1(CNC(=O)C2CC2c2ccc(F)c(F)c2)CCCCC1. The molecular formula is C17H23ClF2N2O. The molecule has 0 radical (unpaired) electrons. The zero-order chi connectivity index (χ0) is 15.7. The van der Waals surface area contributed by atoms with Crippen LogP contribution in [0.3, 0.4) is 0 Å². The monoisotopic (exact) mass is 344 g/mol. The molecule has 2 aliphatic carbocycles. The number of amides is 1. The summed E-state index contributed by atoms with van der Waals surface area (Å²) in [5, 5.41) is 2.95.